The van der Waals surface area contributed by atoms with E-state index in [2.05, 4.69) is 0 Å². The smallest absolute Gasteiger partial charge is 0.118 e. The number of benzene rings is 2. The van der Waals surface area contributed by atoms with Crippen molar-refractivity contribution in [3.05, 3.63) is 65.7 Å². The van der Waals surface area contributed by atoms with E-state index in [0.29, 0.717) is 6.42 Å². The molecule has 0 bridgehead atoms. The van der Waals surface area contributed by atoms with Crippen molar-refractivity contribution in [2.75, 3.05) is 7.11 Å². The third kappa shape index (κ3) is 2.90. The Balaban J connectivity index is 2.16. The van der Waals surface area contributed by atoms with Crippen LogP contribution in [0.3, 0.4) is 0 Å². The zero-order valence-electron chi connectivity index (χ0n) is 10.8. The maximum absolute atomic E-state index is 10.5. The number of methoxy groups -OCH3 is 1. The molecule has 0 aliphatic carbocycles. The first-order chi connectivity index (χ1) is 8.62. The molecule has 0 saturated heterocycles. The second-order valence-corrected chi connectivity index (χ2v) is 4.66. The largest absolute Gasteiger partial charge is 0.497 e. The van der Waals surface area contributed by atoms with Crippen LogP contribution in [0.1, 0.15) is 18.1 Å². The van der Waals surface area contributed by atoms with E-state index in [9.17, 15) is 5.11 Å². The molecule has 1 N–H and O–H groups in total. The summed E-state index contributed by atoms with van der Waals surface area (Å²) in [7, 11) is 1.65. The Hall–Kier alpha value is -1.80. The molecule has 0 aromatic heterocycles. The standard InChI is InChI=1S/C16H18O2/c1-16(17,14-6-4-3-5-7-14)12-13-8-10-15(18-2)11-9-13/h3-11,17H,12H2,1-2H3. The van der Waals surface area contributed by atoms with Gasteiger partial charge in [0.1, 0.15) is 5.75 Å². The minimum absolute atomic E-state index is 0.584. The Morgan fingerprint density at radius 1 is 1.00 bits per heavy atom. The van der Waals surface area contributed by atoms with E-state index in [-0.39, 0.29) is 0 Å². The first-order valence-electron chi connectivity index (χ1n) is 6.03. The van der Waals surface area contributed by atoms with Gasteiger partial charge in [-0.15, -0.1) is 0 Å². The lowest BCUT2D eigenvalue weighted by atomic mass is 9.89. The van der Waals surface area contributed by atoms with Crippen molar-refractivity contribution in [1.82, 2.24) is 0 Å². The fraction of sp³-hybridized carbons (Fsp3) is 0.250. The summed E-state index contributed by atoms with van der Waals surface area (Å²) in [5, 5.41) is 10.5. The predicted octanol–water partition coefficient (Wildman–Crippen LogP) is 3.15. The molecular weight excluding hydrogens is 224 g/mol. The van der Waals surface area contributed by atoms with Gasteiger partial charge in [0.25, 0.3) is 0 Å². The highest BCUT2D eigenvalue weighted by molar-refractivity contribution is 5.30. The van der Waals surface area contributed by atoms with Crippen LogP contribution in [0.4, 0.5) is 0 Å². The SMILES string of the molecule is COc1ccc(CC(C)(O)c2ccccc2)cc1. The fourth-order valence-corrected chi connectivity index (χ4v) is 2.04. The van der Waals surface area contributed by atoms with E-state index in [0.717, 1.165) is 16.9 Å². The van der Waals surface area contributed by atoms with E-state index < -0.39 is 5.60 Å². The highest BCUT2D eigenvalue weighted by Crippen LogP contribution is 2.25. The van der Waals surface area contributed by atoms with Crippen LogP contribution < -0.4 is 4.74 Å². The summed E-state index contributed by atoms with van der Waals surface area (Å²) in [6, 6.07) is 17.5. The van der Waals surface area contributed by atoms with Crippen LogP contribution in [-0.4, -0.2) is 12.2 Å². The zero-order valence-corrected chi connectivity index (χ0v) is 10.8. The van der Waals surface area contributed by atoms with E-state index in [1.165, 1.54) is 0 Å². The van der Waals surface area contributed by atoms with Crippen LogP contribution in [0.15, 0.2) is 54.6 Å². The molecule has 2 aromatic rings. The van der Waals surface area contributed by atoms with Crippen LogP contribution in [0.5, 0.6) is 5.75 Å². The number of ether oxygens (including phenoxy) is 1. The van der Waals surface area contributed by atoms with Gasteiger partial charge in [-0.25, -0.2) is 0 Å². The molecule has 0 aliphatic heterocycles. The number of rotatable bonds is 4. The highest BCUT2D eigenvalue weighted by atomic mass is 16.5. The third-order valence-corrected chi connectivity index (χ3v) is 3.10. The molecule has 0 radical (unpaired) electrons. The molecule has 0 aliphatic rings. The van der Waals surface area contributed by atoms with Crippen molar-refractivity contribution in [1.29, 1.82) is 0 Å². The monoisotopic (exact) mass is 242 g/mol. The predicted molar refractivity (Wildman–Crippen MR) is 72.7 cm³/mol. The molecule has 0 amide bonds. The molecule has 2 aromatic carbocycles. The maximum Gasteiger partial charge on any atom is 0.118 e. The van der Waals surface area contributed by atoms with Gasteiger partial charge in [0.15, 0.2) is 0 Å². The topological polar surface area (TPSA) is 29.5 Å². The van der Waals surface area contributed by atoms with E-state index in [4.69, 9.17) is 4.74 Å². The lowest BCUT2D eigenvalue weighted by Crippen LogP contribution is -2.24. The summed E-state index contributed by atoms with van der Waals surface area (Å²) in [6.45, 7) is 1.84. The van der Waals surface area contributed by atoms with Crippen LogP contribution in [0.25, 0.3) is 0 Å². The second kappa shape index (κ2) is 5.23. The summed E-state index contributed by atoms with van der Waals surface area (Å²) >= 11 is 0. The summed E-state index contributed by atoms with van der Waals surface area (Å²) < 4.78 is 5.12. The van der Waals surface area contributed by atoms with E-state index in [1.807, 2.05) is 61.5 Å². The molecular formula is C16H18O2. The van der Waals surface area contributed by atoms with E-state index >= 15 is 0 Å². The number of hydrogen-bond acceptors (Lipinski definition) is 2. The van der Waals surface area contributed by atoms with Crippen molar-refractivity contribution in [3.63, 3.8) is 0 Å². The summed E-state index contributed by atoms with van der Waals surface area (Å²) in [5.74, 6) is 0.832. The van der Waals surface area contributed by atoms with E-state index in [1.54, 1.807) is 7.11 Å². The normalized spacial score (nSPS) is 13.9. The lowest BCUT2D eigenvalue weighted by molar-refractivity contribution is 0.0576. The van der Waals surface area contributed by atoms with Gasteiger partial charge in [0.2, 0.25) is 0 Å². The highest BCUT2D eigenvalue weighted by Gasteiger charge is 2.22. The second-order valence-electron chi connectivity index (χ2n) is 4.66. The van der Waals surface area contributed by atoms with Gasteiger partial charge >= 0.3 is 0 Å². The molecule has 2 nitrogen and oxygen atoms in total. The zero-order chi connectivity index (χ0) is 13.0. The van der Waals surface area contributed by atoms with Gasteiger partial charge in [0, 0.05) is 6.42 Å². The van der Waals surface area contributed by atoms with Gasteiger partial charge in [-0.1, -0.05) is 42.5 Å². The molecule has 18 heavy (non-hydrogen) atoms. The molecule has 94 valence electrons. The maximum atomic E-state index is 10.5. The minimum atomic E-state index is -0.851. The Kier molecular flexibility index (Phi) is 3.68. The number of aliphatic hydroxyl groups is 1. The molecule has 0 saturated carbocycles. The summed E-state index contributed by atoms with van der Waals surface area (Å²) in [6.07, 6.45) is 0.584. The van der Waals surface area contributed by atoms with Crippen LogP contribution in [0.2, 0.25) is 0 Å². The molecule has 2 heteroatoms. The fourth-order valence-electron chi connectivity index (χ4n) is 2.04. The first-order valence-corrected chi connectivity index (χ1v) is 6.03. The van der Waals surface area contributed by atoms with Gasteiger partial charge in [-0.2, -0.15) is 0 Å². The quantitative estimate of drug-likeness (QED) is 0.892. The molecule has 1 unspecified atom stereocenters. The van der Waals surface area contributed by atoms with Crippen LogP contribution >= 0.6 is 0 Å². The van der Waals surface area contributed by atoms with Gasteiger partial charge in [-0.05, 0) is 30.2 Å². The van der Waals surface area contributed by atoms with Crippen LogP contribution in [0, 0.1) is 0 Å². The Labute approximate surface area is 108 Å². The first kappa shape index (κ1) is 12.7. The Morgan fingerprint density at radius 2 is 1.61 bits per heavy atom. The molecule has 0 spiro atoms. The van der Waals surface area contributed by atoms with Crippen molar-refractivity contribution in [2.24, 2.45) is 0 Å². The van der Waals surface area contributed by atoms with Gasteiger partial charge in [0.05, 0.1) is 12.7 Å². The van der Waals surface area contributed by atoms with Crippen molar-refractivity contribution >= 4 is 0 Å². The third-order valence-electron chi connectivity index (χ3n) is 3.10. The Bertz CT molecular complexity index is 486. The minimum Gasteiger partial charge on any atom is -0.497 e. The lowest BCUT2D eigenvalue weighted by Gasteiger charge is -2.24. The Morgan fingerprint density at radius 3 is 2.17 bits per heavy atom. The van der Waals surface area contributed by atoms with Crippen molar-refractivity contribution in [3.8, 4) is 5.75 Å². The van der Waals surface area contributed by atoms with Crippen molar-refractivity contribution in [2.45, 2.75) is 18.9 Å². The average Bonchev–Trinajstić information content (AvgIpc) is 2.40. The summed E-state index contributed by atoms with van der Waals surface area (Å²) in [4.78, 5) is 0. The van der Waals surface area contributed by atoms with Gasteiger partial charge in [-0.3, -0.25) is 0 Å². The molecule has 2 rings (SSSR count). The summed E-state index contributed by atoms with van der Waals surface area (Å²) in [5.41, 5.74) is 1.17. The van der Waals surface area contributed by atoms with Gasteiger partial charge < -0.3 is 9.84 Å². The molecule has 1 atom stereocenters. The average molecular weight is 242 g/mol. The number of hydrogen-bond donors (Lipinski definition) is 1. The molecule has 0 heterocycles. The van der Waals surface area contributed by atoms with Crippen LogP contribution in [-0.2, 0) is 12.0 Å². The molecule has 0 fully saturated rings. The van der Waals surface area contributed by atoms with Crippen molar-refractivity contribution < 1.29 is 9.84 Å².